The number of methoxy groups -OCH3 is 1. The van der Waals surface area contributed by atoms with Gasteiger partial charge in [0.25, 0.3) is 0 Å². The highest BCUT2D eigenvalue weighted by atomic mass is 79.9. The number of halogens is 1. The first-order valence-corrected chi connectivity index (χ1v) is 9.98. The number of allylic oxidation sites excluding steroid dienone is 1. The van der Waals surface area contributed by atoms with Gasteiger partial charge in [0.05, 0.1) is 13.2 Å². The van der Waals surface area contributed by atoms with Crippen LogP contribution in [0.4, 0.5) is 0 Å². The predicted molar refractivity (Wildman–Crippen MR) is 101 cm³/mol. The van der Waals surface area contributed by atoms with E-state index in [2.05, 4.69) is 33.7 Å². The van der Waals surface area contributed by atoms with Crippen LogP contribution in [0.2, 0.25) is 0 Å². The molecule has 1 unspecified atom stereocenters. The van der Waals surface area contributed by atoms with Crippen molar-refractivity contribution in [2.75, 3.05) is 7.11 Å². The Hall–Kier alpha value is -0.350. The summed E-state index contributed by atoms with van der Waals surface area (Å²) in [7, 11) is 1.44. The van der Waals surface area contributed by atoms with Crippen LogP contribution < -0.4 is 0 Å². The lowest BCUT2D eigenvalue weighted by molar-refractivity contribution is -0.140. The van der Waals surface area contributed by atoms with Gasteiger partial charge in [-0.2, -0.15) is 0 Å². The van der Waals surface area contributed by atoms with Gasteiger partial charge in [-0.3, -0.25) is 4.79 Å². The van der Waals surface area contributed by atoms with Gasteiger partial charge in [-0.15, -0.1) is 0 Å². The maximum absolute atomic E-state index is 11.0. The molecule has 0 aliphatic heterocycles. The van der Waals surface area contributed by atoms with E-state index in [1.54, 1.807) is 0 Å². The van der Waals surface area contributed by atoms with Crippen LogP contribution in [0.5, 0.6) is 0 Å². The number of rotatable bonds is 15. The summed E-state index contributed by atoms with van der Waals surface area (Å²) < 4.78 is 5.83. The normalized spacial score (nSPS) is 13.1. The van der Waals surface area contributed by atoms with Crippen molar-refractivity contribution in [2.45, 2.75) is 96.5 Å². The number of aliphatic hydroxyl groups is 1. The molecule has 0 radical (unpaired) electrons. The molecular formula is C19H35BrO3. The third kappa shape index (κ3) is 16.3. The lowest BCUT2D eigenvalue weighted by Crippen LogP contribution is -2.04. The molecule has 0 spiro atoms. The smallest absolute Gasteiger partial charge is 0.305 e. The summed E-state index contributed by atoms with van der Waals surface area (Å²) >= 11 is 3.60. The van der Waals surface area contributed by atoms with Gasteiger partial charge in [0.15, 0.2) is 0 Å². The van der Waals surface area contributed by atoms with Gasteiger partial charge in [0.2, 0.25) is 0 Å². The Kier molecular flexibility index (Phi) is 16.3. The van der Waals surface area contributed by atoms with E-state index >= 15 is 0 Å². The molecule has 0 bridgehead atoms. The second-order valence-electron chi connectivity index (χ2n) is 6.23. The zero-order chi connectivity index (χ0) is 17.3. The summed E-state index contributed by atoms with van der Waals surface area (Å²) in [6.45, 7) is 2.20. The van der Waals surface area contributed by atoms with E-state index in [9.17, 15) is 9.90 Å². The molecular weight excluding hydrogens is 356 g/mol. The van der Waals surface area contributed by atoms with Crippen LogP contribution in [0.1, 0.15) is 90.4 Å². The van der Waals surface area contributed by atoms with E-state index in [4.69, 9.17) is 0 Å². The Morgan fingerprint density at radius 2 is 1.65 bits per heavy atom. The molecule has 1 N–H and O–H groups in total. The molecule has 1 atom stereocenters. The number of carbonyl (C=O) groups excluding carboxylic acids is 1. The fourth-order valence-electron chi connectivity index (χ4n) is 2.49. The zero-order valence-corrected chi connectivity index (χ0v) is 16.6. The Balaban J connectivity index is 3.50. The SMILES string of the molecule is CCCCCCC(O)C/C=C(\Br)CCCCCCCC(=O)OC. The van der Waals surface area contributed by atoms with Crippen molar-refractivity contribution < 1.29 is 14.6 Å². The van der Waals surface area contributed by atoms with Gasteiger partial charge in [-0.05, 0) is 36.6 Å². The molecule has 0 aromatic carbocycles. The molecule has 0 saturated carbocycles. The van der Waals surface area contributed by atoms with Crippen LogP contribution in [0.15, 0.2) is 10.6 Å². The van der Waals surface area contributed by atoms with E-state index in [0.717, 1.165) is 51.4 Å². The Labute approximate surface area is 151 Å². The standard InChI is InChI=1S/C19H35BrO3/c1-3-4-5-10-13-18(21)16-15-17(20)12-9-7-6-8-11-14-19(22)23-2/h15,18,21H,3-14,16H2,1-2H3/b17-15-. The lowest BCUT2D eigenvalue weighted by atomic mass is 10.1. The number of unbranched alkanes of at least 4 members (excludes halogenated alkanes) is 7. The van der Waals surface area contributed by atoms with Crippen LogP contribution in [0.25, 0.3) is 0 Å². The second-order valence-corrected chi connectivity index (χ2v) is 7.25. The molecule has 136 valence electrons. The Morgan fingerprint density at radius 1 is 1.04 bits per heavy atom. The van der Waals surface area contributed by atoms with Gasteiger partial charge in [-0.1, -0.05) is 73.9 Å². The van der Waals surface area contributed by atoms with Crippen molar-refractivity contribution in [1.82, 2.24) is 0 Å². The summed E-state index contributed by atoms with van der Waals surface area (Å²) in [4.78, 5) is 11.0. The highest BCUT2D eigenvalue weighted by Crippen LogP contribution is 2.18. The van der Waals surface area contributed by atoms with Gasteiger partial charge in [-0.25, -0.2) is 0 Å². The first kappa shape index (κ1) is 22.6. The molecule has 0 aliphatic carbocycles. The highest BCUT2D eigenvalue weighted by Gasteiger charge is 2.03. The molecule has 3 nitrogen and oxygen atoms in total. The fourth-order valence-corrected chi connectivity index (χ4v) is 2.95. The minimum Gasteiger partial charge on any atom is -0.469 e. The van der Waals surface area contributed by atoms with E-state index < -0.39 is 0 Å². The number of hydrogen-bond donors (Lipinski definition) is 1. The van der Waals surface area contributed by atoms with Crippen molar-refractivity contribution in [1.29, 1.82) is 0 Å². The van der Waals surface area contributed by atoms with E-state index in [0.29, 0.717) is 6.42 Å². The largest absolute Gasteiger partial charge is 0.469 e. The number of ether oxygens (including phenoxy) is 1. The van der Waals surface area contributed by atoms with Crippen molar-refractivity contribution in [2.24, 2.45) is 0 Å². The molecule has 4 heteroatoms. The third-order valence-electron chi connectivity index (χ3n) is 4.03. The molecule has 0 rings (SSSR count). The van der Waals surface area contributed by atoms with Crippen LogP contribution in [0, 0.1) is 0 Å². The fraction of sp³-hybridized carbons (Fsp3) is 0.842. The molecule has 0 aliphatic rings. The van der Waals surface area contributed by atoms with Gasteiger partial charge in [0.1, 0.15) is 0 Å². The predicted octanol–water partition coefficient (Wildman–Crippen LogP) is 5.89. The number of aliphatic hydroxyl groups excluding tert-OH is 1. The van der Waals surface area contributed by atoms with Gasteiger partial charge >= 0.3 is 5.97 Å². The Bertz CT molecular complexity index is 316. The maximum Gasteiger partial charge on any atom is 0.305 e. The summed E-state index contributed by atoms with van der Waals surface area (Å²) in [6, 6.07) is 0. The van der Waals surface area contributed by atoms with Crippen LogP contribution in [-0.4, -0.2) is 24.3 Å². The molecule has 0 aromatic rings. The minimum absolute atomic E-state index is 0.107. The monoisotopic (exact) mass is 390 g/mol. The molecule has 0 amide bonds. The molecule has 0 saturated heterocycles. The van der Waals surface area contributed by atoms with Crippen molar-refractivity contribution in [3.8, 4) is 0 Å². The van der Waals surface area contributed by atoms with Crippen molar-refractivity contribution >= 4 is 21.9 Å². The second kappa shape index (κ2) is 16.5. The minimum atomic E-state index is -0.197. The lowest BCUT2D eigenvalue weighted by Gasteiger charge is -2.08. The Morgan fingerprint density at radius 3 is 2.30 bits per heavy atom. The number of hydrogen-bond acceptors (Lipinski definition) is 3. The van der Waals surface area contributed by atoms with Crippen LogP contribution in [0.3, 0.4) is 0 Å². The first-order chi connectivity index (χ1) is 11.1. The van der Waals surface area contributed by atoms with Crippen molar-refractivity contribution in [3.63, 3.8) is 0 Å². The van der Waals surface area contributed by atoms with Crippen molar-refractivity contribution in [3.05, 3.63) is 10.6 Å². The average Bonchev–Trinajstić information content (AvgIpc) is 2.55. The number of esters is 1. The van der Waals surface area contributed by atoms with Crippen LogP contribution in [-0.2, 0) is 9.53 Å². The van der Waals surface area contributed by atoms with E-state index in [1.165, 1.54) is 37.3 Å². The summed E-state index contributed by atoms with van der Waals surface area (Å²) in [5.74, 6) is -0.107. The number of carbonyl (C=O) groups is 1. The highest BCUT2D eigenvalue weighted by molar-refractivity contribution is 9.11. The molecule has 0 fully saturated rings. The third-order valence-corrected chi connectivity index (χ3v) is 4.75. The van der Waals surface area contributed by atoms with Gasteiger partial charge < -0.3 is 9.84 Å². The molecule has 23 heavy (non-hydrogen) atoms. The van der Waals surface area contributed by atoms with E-state index in [-0.39, 0.29) is 12.1 Å². The molecule has 0 heterocycles. The quantitative estimate of drug-likeness (QED) is 0.280. The topological polar surface area (TPSA) is 46.5 Å². The first-order valence-electron chi connectivity index (χ1n) is 9.19. The maximum atomic E-state index is 11.0. The summed E-state index contributed by atoms with van der Waals surface area (Å²) in [5, 5.41) is 9.93. The molecule has 0 aromatic heterocycles. The average molecular weight is 391 g/mol. The van der Waals surface area contributed by atoms with Gasteiger partial charge in [0, 0.05) is 6.42 Å². The van der Waals surface area contributed by atoms with E-state index in [1.807, 2.05) is 0 Å². The summed E-state index contributed by atoms with van der Waals surface area (Å²) in [6.07, 6.45) is 15.6. The van der Waals surface area contributed by atoms with Crippen LogP contribution >= 0.6 is 15.9 Å². The zero-order valence-electron chi connectivity index (χ0n) is 15.0. The summed E-state index contributed by atoms with van der Waals surface area (Å²) in [5.41, 5.74) is 0.